The number of hydrogen-bond donors (Lipinski definition) is 1. The lowest BCUT2D eigenvalue weighted by Crippen LogP contribution is -2.44. The van der Waals surface area contributed by atoms with Crippen LogP contribution in [0, 0.1) is 5.82 Å². The molecule has 0 atom stereocenters. The molecule has 0 bridgehead atoms. The van der Waals surface area contributed by atoms with Crippen LogP contribution in [0.25, 0.3) is 0 Å². The van der Waals surface area contributed by atoms with E-state index in [1.807, 2.05) is 11.9 Å². The predicted molar refractivity (Wildman–Crippen MR) is 87.4 cm³/mol. The molecule has 22 heavy (non-hydrogen) atoms. The number of nitrogens with one attached hydrogen (secondary N) is 1. The van der Waals surface area contributed by atoms with Crippen molar-refractivity contribution in [2.45, 2.75) is 57.4 Å². The Labute approximate surface area is 132 Å². The summed E-state index contributed by atoms with van der Waals surface area (Å²) >= 11 is 0. The molecule has 0 aromatic heterocycles. The van der Waals surface area contributed by atoms with E-state index in [1.165, 1.54) is 44.2 Å². The Bertz CT molecular complexity index is 453. The largest absolute Gasteiger partial charge is 0.338 e. The maximum absolute atomic E-state index is 12.8. The van der Waals surface area contributed by atoms with Gasteiger partial charge in [-0.3, -0.25) is 0 Å². The summed E-state index contributed by atoms with van der Waals surface area (Å²) < 4.78 is 12.8. The first-order valence-corrected chi connectivity index (χ1v) is 8.42. The fraction of sp³-hybridized carbons (Fsp3) is 0.611. The fourth-order valence-corrected chi connectivity index (χ4v) is 3.08. The van der Waals surface area contributed by atoms with Crippen molar-refractivity contribution in [3.63, 3.8) is 0 Å². The lowest BCUT2D eigenvalue weighted by atomic mass is 9.96. The monoisotopic (exact) mass is 306 g/mol. The quantitative estimate of drug-likeness (QED) is 0.891. The molecule has 0 unspecified atom stereocenters. The van der Waals surface area contributed by atoms with Crippen LogP contribution in [-0.2, 0) is 6.42 Å². The number of nitrogens with zero attached hydrogens (tertiary/aromatic N) is 1. The highest BCUT2D eigenvalue weighted by Gasteiger charge is 2.20. The summed E-state index contributed by atoms with van der Waals surface area (Å²) in [5, 5.41) is 2.97. The van der Waals surface area contributed by atoms with Crippen LogP contribution in [0.4, 0.5) is 9.18 Å². The molecule has 1 N–H and O–H groups in total. The van der Waals surface area contributed by atoms with Crippen molar-refractivity contribution in [3.05, 3.63) is 35.6 Å². The third kappa shape index (κ3) is 5.32. The Hall–Kier alpha value is -1.58. The third-order valence-electron chi connectivity index (χ3n) is 4.55. The molecule has 0 saturated heterocycles. The topological polar surface area (TPSA) is 32.3 Å². The second-order valence-electron chi connectivity index (χ2n) is 6.22. The number of benzene rings is 1. The third-order valence-corrected chi connectivity index (χ3v) is 4.55. The van der Waals surface area contributed by atoms with Crippen molar-refractivity contribution in [2.75, 3.05) is 13.6 Å². The minimum Gasteiger partial charge on any atom is -0.338 e. The predicted octanol–water partition coefficient (Wildman–Crippen LogP) is 4.12. The summed E-state index contributed by atoms with van der Waals surface area (Å²) in [6, 6.07) is 6.81. The van der Waals surface area contributed by atoms with Gasteiger partial charge in [0.05, 0.1) is 0 Å². The van der Waals surface area contributed by atoms with Crippen LogP contribution in [0.3, 0.4) is 0 Å². The van der Waals surface area contributed by atoms with Crippen molar-refractivity contribution < 1.29 is 9.18 Å². The zero-order valence-electron chi connectivity index (χ0n) is 13.5. The molecule has 1 aromatic rings. The van der Waals surface area contributed by atoms with Gasteiger partial charge in [0, 0.05) is 19.6 Å². The van der Waals surface area contributed by atoms with E-state index in [2.05, 4.69) is 5.32 Å². The molecule has 0 spiro atoms. The number of rotatable bonds is 4. The normalized spacial score (nSPS) is 16.6. The van der Waals surface area contributed by atoms with E-state index < -0.39 is 0 Å². The van der Waals surface area contributed by atoms with Gasteiger partial charge in [-0.15, -0.1) is 0 Å². The zero-order valence-corrected chi connectivity index (χ0v) is 13.5. The number of carbonyl (C=O) groups excluding carboxylic acids is 1. The summed E-state index contributed by atoms with van der Waals surface area (Å²) in [5.74, 6) is -0.225. The highest BCUT2D eigenvalue weighted by molar-refractivity contribution is 5.74. The summed E-state index contributed by atoms with van der Waals surface area (Å²) in [5.41, 5.74) is 1.04. The van der Waals surface area contributed by atoms with Gasteiger partial charge in [0.25, 0.3) is 0 Å². The van der Waals surface area contributed by atoms with E-state index in [0.29, 0.717) is 12.6 Å². The first-order valence-electron chi connectivity index (χ1n) is 8.42. The van der Waals surface area contributed by atoms with Crippen molar-refractivity contribution >= 4 is 6.03 Å². The van der Waals surface area contributed by atoms with Crippen LogP contribution in [0.1, 0.15) is 50.5 Å². The van der Waals surface area contributed by atoms with Crippen LogP contribution < -0.4 is 5.32 Å². The summed E-state index contributed by atoms with van der Waals surface area (Å²) in [7, 11) is 1.90. The Morgan fingerprint density at radius 1 is 1.14 bits per heavy atom. The van der Waals surface area contributed by atoms with Gasteiger partial charge in [0.15, 0.2) is 0 Å². The van der Waals surface area contributed by atoms with Crippen LogP contribution >= 0.6 is 0 Å². The second-order valence-corrected chi connectivity index (χ2v) is 6.22. The van der Waals surface area contributed by atoms with Crippen molar-refractivity contribution in [3.8, 4) is 0 Å². The Balaban J connectivity index is 1.74. The van der Waals surface area contributed by atoms with Gasteiger partial charge < -0.3 is 10.2 Å². The lowest BCUT2D eigenvalue weighted by Gasteiger charge is -2.29. The van der Waals surface area contributed by atoms with E-state index in [9.17, 15) is 9.18 Å². The standard InChI is InChI=1S/C18H27FN2O/c1-21(17-7-5-3-2-4-6-8-17)18(22)20-14-13-15-9-11-16(19)12-10-15/h9-12,17H,2-8,13-14H2,1H3,(H,20,22). The van der Waals surface area contributed by atoms with Crippen LogP contribution in [-0.4, -0.2) is 30.6 Å². The summed E-state index contributed by atoms with van der Waals surface area (Å²) in [6.07, 6.45) is 9.30. The molecule has 1 saturated carbocycles. The maximum Gasteiger partial charge on any atom is 0.317 e. The van der Waals surface area contributed by atoms with E-state index in [4.69, 9.17) is 0 Å². The van der Waals surface area contributed by atoms with Gasteiger partial charge in [-0.1, -0.05) is 44.2 Å². The molecule has 1 aliphatic rings. The molecule has 1 aromatic carbocycles. The molecule has 0 radical (unpaired) electrons. The molecule has 2 rings (SSSR count). The SMILES string of the molecule is CN(C(=O)NCCc1ccc(F)cc1)C1CCCCCCC1. The van der Waals surface area contributed by atoms with Gasteiger partial charge in [-0.2, -0.15) is 0 Å². The first-order chi connectivity index (χ1) is 10.7. The van der Waals surface area contributed by atoms with Crippen molar-refractivity contribution in [1.29, 1.82) is 0 Å². The molecule has 122 valence electrons. The highest BCUT2D eigenvalue weighted by Crippen LogP contribution is 2.20. The van der Waals surface area contributed by atoms with E-state index in [0.717, 1.165) is 24.8 Å². The van der Waals surface area contributed by atoms with Gasteiger partial charge >= 0.3 is 6.03 Å². The molecule has 2 amide bonds. The summed E-state index contributed by atoms with van der Waals surface area (Å²) in [6.45, 7) is 0.585. The molecular formula is C18H27FN2O. The number of amides is 2. The highest BCUT2D eigenvalue weighted by atomic mass is 19.1. The number of halogens is 1. The average Bonchev–Trinajstić information content (AvgIpc) is 2.48. The van der Waals surface area contributed by atoms with Crippen molar-refractivity contribution in [1.82, 2.24) is 10.2 Å². The molecule has 1 aliphatic carbocycles. The fourth-order valence-electron chi connectivity index (χ4n) is 3.08. The molecule has 0 aliphatic heterocycles. The Kier molecular flexibility index (Phi) is 6.69. The van der Waals surface area contributed by atoms with Crippen LogP contribution in [0.15, 0.2) is 24.3 Å². The molecule has 4 heteroatoms. The summed E-state index contributed by atoms with van der Waals surface area (Å²) in [4.78, 5) is 14.1. The molecular weight excluding hydrogens is 279 g/mol. The van der Waals surface area contributed by atoms with Crippen molar-refractivity contribution in [2.24, 2.45) is 0 Å². The van der Waals surface area contributed by atoms with Gasteiger partial charge in [-0.25, -0.2) is 9.18 Å². The average molecular weight is 306 g/mol. The first kappa shape index (κ1) is 16.8. The van der Waals surface area contributed by atoms with Crippen LogP contribution in [0.5, 0.6) is 0 Å². The van der Waals surface area contributed by atoms with Gasteiger partial charge in [-0.05, 0) is 37.0 Å². The van der Waals surface area contributed by atoms with Crippen LogP contribution in [0.2, 0.25) is 0 Å². The number of carbonyl (C=O) groups is 1. The second kappa shape index (κ2) is 8.76. The lowest BCUT2D eigenvalue weighted by molar-refractivity contribution is 0.178. The molecule has 3 nitrogen and oxygen atoms in total. The Morgan fingerprint density at radius 3 is 2.36 bits per heavy atom. The molecule has 0 heterocycles. The zero-order chi connectivity index (χ0) is 15.8. The molecule has 1 fully saturated rings. The van der Waals surface area contributed by atoms with Gasteiger partial charge in [0.2, 0.25) is 0 Å². The van der Waals surface area contributed by atoms with E-state index >= 15 is 0 Å². The smallest absolute Gasteiger partial charge is 0.317 e. The number of urea groups is 1. The minimum absolute atomic E-state index is 0.00712. The Morgan fingerprint density at radius 2 is 1.73 bits per heavy atom. The minimum atomic E-state index is -0.225. The number of hydrogen-bond acceptors (Lipinski definition) is 1. The van der Waals surface area contributed by atoms with E-state index in [1.54, 1.807) is 12.1 Å². The van der Waals surface area contributed by atoms with E-state index in [-0.39, 0.29) is 11.8 Å². The maximum atomic E-state index is 12.8. The van der Waals surface area contributed by atoms with Gasteiger partial charge in [0.1, 0.15) is 5.82 Å².